The molecule has 0 atom stereocenters. The molecule has 1 aromatic rings. The van der Waals surface area contributed by atoms with Crippen LogP contribution in [-0.4, -0.2) is 31.3 Å². The molecule has 0 aromatic heterocycles. The number of hydrogen-bond donors (Lipinski definition) is 2. The van der Waals surface area contributed by atoms with Crippen molar-refractivity contribution in [3.63, 3.8) is 0 Å². The van der Waals surface area contributed by atoms with E-state index < -0.39 is 0 Å². The van der Waals surface area contributed by atoms with Crippen LogP contribution >= 0.6 is 12.4 Å². The van der Waals surface area contributed by atoms with Gasteiger partial charge in [-0.15, -0.1) is 12.4 Å². The minimum Gasteiger partial charge on any atom is -0.392 e. The van der Waals surface area contributed by atoms with Gasteiger partial charge < -0.3 is 15.3 Å². The third-order valence-electron chi connectivity index (χ3n) is 2.58. The van der Waals surface area contributed by atoms with Crippen molar-refractivity contribution in [2.75, 3.05) is 31.1 Å². The molecule has 0 amide bonds. The summed E-state index contributed by atoms with van der Waals surface area (Å²) in [5, 5.41) is 12.4. The van der Waals surface area contributed by atoms with Crippen LogP contribution in [0.15, 0.2) is 24.3 Å². The van der Waals surface area contributed by atoms with E-state index >= 15 is 0 Å². The second kappa shape index (κ2) is 5.95. The Labute approximate surface area is 96.5 Å². The van der Waals surface area contributed by atoms with Gasteiger partial charge in [-0.1, -0.05) is 12.1 Å². The highest BCUT2D eigenvalue weighted by Gasteiger charge is 2.09. The maximum absolute atomic E-state index is 9.03. The van der Waals surface area contributed by atoms with Crippen molar-refractivity contribution in [3.05, 3.63) is 29.8 Å². The Balaban J connectivity index is 0.00000112. The van der Waals surface area contributed by atoms with Gasteiger partial charge in [0.15, 0.2) is 0 Å². The molecule has 0 radical (unpaired) electrons. The Hall–Kier alpha value is -0.770. The second-order valence-electron chi connectivity index (χ2n) is 3.57. The number of nitrogens with zero attached hydrogens (tertiary/aromatic N) is 1. The molecule has 1 heterocycles. The van der Waals surface area contributed by atoms with Crippen molar-refractivity contribution in [1.29, 1.82) is 0 Å². The second-order valence-corrected chi connectivity index (χ2v) is 3.57. The number of halogens is 1. The molecule has 1 saturated heterocycles. The third-order valence-corrected chi connectivity index (χ3v) is 2.58. The largest absolute Gasteiger partial charge is 0.392 e. The van der Waals surface area contributed by atoms with Crippen LogP contribution in [0.4, 0.5) is 5.69 Å². The Bertz CT molecular complexity index is 300. The highest BCUT2D eigenvalue weighted by atomic mass is 35.5. The molecule has 1 aromatic carbocycles. The number of nitrogens with one attached hydrogen (secondary N) is 1. The van der Waals surface area contributed by atoms with Gasteiger partial charge >= 0.3 is 0 Å². The molecule has 0 unspecified atom stereocenters. The molecule has 0 saturated carbocycles. The van der Waals surface area contributed by atoms with Crippen LogP contribution in [0.3, 0.4) is 0 Å². The van der Waals surface area contributed by atoms with Crippen molar-refractivity contribution >= 4 is 18.1 Å². The number of anilines is 1. The van der Waals surface area contributed by atoms with E-state index in [0.29, 0.717) is 0 Å². The first kappa shape index (κ1) is 12.3. The van der Waals surface area contributed by atoms with E-state index in [9.17, 15) is 0 Å². The predicted molar refractivity (Wildman–Crippen MR) is 64.7 cm³/mol. The van der Waals surface area contributed by atoms with Crippen molar-refractivity contribution in [2.24, 2.45) is 0 Å². The standard InChI is InChI=1S/C11H16N2O.ClH/c14-9-10-2-1-3-11(8-10)13-6-4-12-5-7-13;/h1-3,8,12,14H,4-7,9H2;1H. The fourth-order valence-electron chi connectivity index (χ4n) is 1.77. The number of benzene rings is 1. The summed E-state index contributed by atoms with van der Waals surface area (Å²) in [5.41, 5.74) is 2.21. The lowest BCUT2D eigenvalue weighted by molar-refractivity contribution is 0.282. The summed E-state index contributed by atoms with van der Waals surface area (Å²) in [6.45, 7) is 4.32. The molecular weight excluding hydrogens is 212 g/mol. The number of piperazine rings is 1. The molecule has 2 N–H and O–H groups in total. The molecule has 1 fully saturated rings. The van der Waals surface area contributed by atoms with Crippen molar-refractivity contribution in [2.45, 2.75) is 6.61 Å². The summed E-state index contributed by atoms with van der Waals surface area (Å²) in [6, 6.07) is 8.12. The van der Waals surface area contributed by atoms with E-state index in [1.165, 1.54) is 5.69 Å². The summed E-state index contributed by atoms with van der Waals surface area (Å²) < 4.78 is 0. The fraction of sp³-hybridized carbons (Fsp3) is 0.455. The Morgan fingerprint density at radius 1 is 1.27 bits per heavy atom. The van der Waals surface area contributed by atoms with Crippen LogP contribution in [0.25, 0.3) is 0 Å². The molecule has 2 rings (SSSR count). The van der Waals surface area contributed by atoms with Crippen LogP contribution in [0.2, 0.25) is 0 Å². The van der Waals surface area contributed by atoms with E-state index in [4.69, 9.17) is 5.11 Å². The lowest BCUT2D eigenvalue weighted by atomic mass is 10.2. The average Bonchev–Trinajstić information content (AvgIpc) is 2.30. The maximum Gasteiger partial charge on any atom is 0.0682 e. The minimum absolute atomic E-state index is 0. The molecule has 1 aliphatic heterocycles. The highest BCUT2D eigenvalue weighted by Crippen LogP contribution is 2.16. The van der Waals surface area contributed by atoms with Crippen LogP contribution in [0.1, 0.15) is 5.56 Å². The maximum atomic E-state index is 9.03. The predicted octanol–water partition coefficient (Wildman–Crippen LogP) is 1.01. The first-order valence-electron chi connectivity index (χ1n) is 5.05. The monoisotopic (exact) mass is 228 g/mol. The van der Waals surface area contributed by atoms with Crippen molar-refractivity contribution < 1.29 is 5.11 Å². The van der Waals surface area contributed by atoms with Gasteiger partial charge in [0.05, 0.1) is 6.61 Å². The minimum atomic E-state index is 0. The molecule has 15 heavy (non-hydrogen) atoms. The van der Waals surface area contributed by atoms with E-state index in [-0.39, 0.29) is 19.0 Å². The molecule has 3 nitrogen and oxygen atoms in total. The Morgan fingerprint density at radius 3 is 2.67 bits per heavy atom. The molecule has 4 heteroatoms. The zero-order chi connectivity index (χ0) is 9.80. The Morgan fingerprint density at radius 2 is 2.00 bits per heavy atom. The lowest BCUT2D eigenvalue weighted by Crippen LogP contribution is -2.43. The number of aliphatic hydroxyl groups is 1. The van der Waals surface area contributed by atoms with Crippen LogP contribution in [0.5, 0.6) is 0 Å². The van der Waals surface area contributed by atoms with E-state index in [1.54, 1.807) is 0 Å². The van der Waals surface area contributed by atoms with Gasteiger partial charge in [-0.25, -0.2) is 0 Å². The van der Waals surface area contributed by atoms with Gasteiger partial charge in [0, 0.05) is 31.9 Å². The van der Waals surface area contributed by atoms with Crippen LogP contribution in [0, 0.1) is 0 Å². The van der Waals surface area contributed by atoms with E-state index in [1.807, 2.05) is 12.1 Å². The smallest absolute Gasteiger partial charge is 0.0682 e. The molecule has 0 spiro atoms. The van der Waals surface area contributed by atoms with Crippen molar-refractivity contribution in [3.8, 4) is 0 Å². The van der Waals surface area contributed by atoms with Gasteiger partial charge in [0.25, 0.3) is 0 Å². The first-order chi connectivity index (χ1) is 6.90. The quantitative estimate of drug-likeness (QED) is 0.793. The number of aliphatic hydroxyl groups excluding tert-OH is 1. The van der Waals surface area contributed by atoms with Gasteiger partial charge in [-0.05, 0) is 17.7 Å². The van der Waals surface area contributed by atoms with Gasteiger partial charge in [0.1, 0.15) is 0 Å². The zero-order valence-corrected chi connectivity index (χ0v) is 9.46. The topological polar surface area (TPSA) is 35.5 Å². The first-order valence-corrected chi connectivity index (χ1v) is 5.05. The summed E-state index contributed by atoms with van der Waals surface area (Å²) in [5.74, 6) is 0. The normalized spacial score (nSPS) is 15.9. The summed E-state index contributed by atoms with van der Waals surface area (Å²) in [6.07, 6.45) is 0. The molecule has 0 bridgehead atoms. The summed E-state index contributed by atoms with van der Waals surface area (Å²) >= 11 is 0. The number of hydrogen-bond acceptors (Lipinski definition) is 3. The summed E-state index contributed by atoms with van der Waals surface area (Å²) in [7, 11) is 0. The fourth-order valence-corrected chi connectivity index (χ4v) is 1.77. The Kier molecular flexibility index (Phi) is 4.88. The van der Waals surface area contributed by atoms with E-state index in [0.717, 1.165) is 31.7 Å². The van der Waals surface area contributed by atoms with Gasteiger partial charge in [-0.3, -0.25) is 0 Å². The van der Waals surface area contributed by atoms with Crippen molar-refractivity contribution in [1.82, 2.24) is 5.32 Å². The zero-order valence-electron chi connectivity index (χ0n) is 8.65. The molecule has 0 aliphatic carbocycles. The molecule has 84 valence electrons. The van der Waals surface area contributed by atoms with Crippen LogP contribution in [-0.2, 0) is 6.61 Å². The number of rotatable bonds is 2. The summed E-state index contributed by atoms with van der Waals surface area (Å²) in [4.78, 5) is 2.34. The average molecular weight is 229 g/mol. The molecular formula is C11H17ClN2O. The van der Waals surface area contributed by atoms with Gasteiger partial charge in [-0.2, -0.15) is 0 Å². The molecule has 1 aliphatic rings. The lowest BCUT2D eigenvalue weighted by Gasteiger charge is -2.29. The van der Waals surface area contributed by atoms with Gasteiger partial charge in [0.2, 0.25) is 0 Å². The highest BCUT2D eigenvalue weighted by molar-refractivity contribution is 5.85. The van der Waals surface area contributed by atoms with E-state index in [2.05, 4.69) is 22.3 Å². The van der Waals surface area contributed by atoms with Crippen LogP contribution < -0.4 is 10.2 Å². The third kappa shape index (κ3) is 3.09. The SMILES string of the molecule is Cl.OCc1cccc(N2CCNCC2)c1.